The quantitative estimate of drug-likeness (QED) is 0.0692. The first-order chi connectivity index (χ1) is 25.8. The van der Waals surface area contributed by atoms with E-state index < -0.39 is 97.7 Å². The van der Waals surface area contributed by atoms with Crippen LogP contribution in [0.1, 0.15) is 55.4 Å². The topological polar surface area (TPSA) is 205 Å². The van der Waals surface area contributed by atoms with Crippen LogP contribution in [0.5, 0.6) is 5.75 Å². The minimum absolute atomic E-state index is 0.0110. The molecule has 20 heteroatoms. The maximum absolute atomic E-state index is 12.4. The van der Waals surface area contributed by atoms with Gasteiger partial charge in [-0.1, -0.05) is 5.57 Å². The Morgan fingerprint density at radius 3 is 2.05 bits per heavy atom. The summed E-state index contributed by atoms with van der Waals surface area (Å²) in [6.07, 6.45) is -13.4. The first-order valence-electron chi connectivity index (χ1n) is 17.2. The highest BCUT2D eigenvalue weighted by Crippen LogP contribution is 2.38. The largest absolute Gasteiger partial charge is 0.463 e. The Hall–Kier alpha value is -3.50. The molecule has 10 atom stereocenters. The van der Waals surface area contributed by atoms with Crippen molar-refractivity contribution in [2.75, 3.05) is 24.4 Å². The highest BCUT2D eigenvalue weighted by molar-refractivity contribution is 8.19. The number of anilines is 1. The first-order valence-corrected chi connectivity index (χ1v) is 18.6. The number of allylic oxidation sites excluding steroid dienone is 1. The number of benzene rings is 1. The number of carbonyl (C=O) groups excluding carboxylic acids is 4. The molecule has 3 aliphatic rings. The van der Waals surface area contributed by atoms with E-state index in [0.29, 0.717) is 22.4 Å². The average Bonchev–Trinajstić information content (AvgIpc) is 3.07. The number of carbonyl (C=O) groups is 4. The zero-order valence-corrected chi connectivity index (χ0v) is 33.6. The highest BCUT2D eigenvalue weighted by Gasteiger charge is 2.58. The number of hydrogen-bond acceptors (Lipinski definition) is 17. The molecule has 3 saturated heterocycles. The molecule has 17 nitrogen and oxygen atoms in total. The van der Waals surface area contributed by atoms with E-state index in [2.05, 4.69) is 17.2 Å². The Morgan fingerprint density at radius 1 is 0.909 bits per heavy atom. The molecule has 0 bridgehead atoms. The molecule has 10 unspecified atom stereocenters. The van der Waals surface area contributed by atoms with Gasteiger partial charge in [-0.25, -0.2) is 11.6 Å². The third-order valence-electron chi connectivity index (χ3n) is 7.55. The zero-order valence-electron chi connectivity index (χ0n) is 32.0. The third kappa shape index (κ3) is 14.5. The van der Waals surface area contributed by atoms with Crippen LogP contribution < -0.4 is 15.4 Å². The van der Waals surface area contributed by atoms with Gasteiger partial charge in [-0.05, 0) is 64.2 Å². The lowest BCUT2D eigenvalue weighted by Gasteiger charge is -2.51. The molecule has 55 heavy (non-hydrogen) atoms. The summed E-state index contributed by atoms with van der Waals surface area (Å²) in [5.74, 6) is -3.52. The van der Waals surface area contributed by atoms with Gasteiger partial charge in [0.1, 0.15) is 42.9 Å². The summed E-state index contributed by atoms with van der Waals surface area (Å²) < 4.78 is 58.3. The summed E-state index contributed by atoms with van der Waals surface area (Å²) in [5, 5.41) is 18.0. The average molecular weight is 813 g/mol. The lowest BCUT2D eigenvalue weighted by Crippen LogP contribution is -2.69. The van der Waals surface area contributed by atoms with E-state index >= 15 is 0 Å². The Bertz CT molecular complexity index is 1500. The van der Waals surface area contributed by atoms with Crippen molar-refractivity contribution in [2.45, 2.75) is 123 Å². The molecule has 0 amide bonds. The minimum Gasteiger partial charge on any atom is -0.463 e. The SMILES string of the molecule is C=C(C)C.[B]SCNC(=S)Nc1ccc(OC2OC3COC(C)(C)OC3C(OC3OC(COC(C)=O)C(OC(C)=O)C(OC(C)=O)C3OC(C)=O)C2O)cc1. The van der Waals surface area contributed by atoms with E-state index in [4.69, 9.17) is 66.7 Å². The Kier molecular flexibility index (Phi) is 17.6. The van der Waals surface area contributed by atoms with Crippen molar-refractivity contribution in [3.63, 3.8) is 0 Å². The number of thiocarbonyl (C=S) groups is 1. The lowest BCUT2D eigenvalue weighted by atomic mass is 9.95. The molecule has 3 N–H and O–H groups in total. The van der Waals surface area contributed by atoms with Crippen LogP contribution in [0.15, 0.2) is 36.4 Å². The van der Waals surface area contributed by atoms with Crippen LogP contribution in [0, 0.1) is 0 Å². The number of aliphatic hydroxyl groups is 1. The molecule has 304 valence electrons. The number of fused-ring (bicyclic) bond motifs is 1. The summed E-state index contributed by atoms with van der Waals surface area (Å²) in [7, 11) is 5.42. The summed E-state index contributed by atoms with van der Waals surface area (Å²) in [6.45, 7) is 14.8. The minimum atomic E-state index is -1.61. The van der Waals surface area contributed by atoms with Crippen molar-refractivity contribution in [1.29, 1.82) is 0 Å². The maximum atomic E-state index is 12.4. The monoisotopic (exact) mass is 812 g/mol. The van der Waals surface area contributed by atoms with Gasteiger partial charge in [0.2, 0.25) is 6.29 Å². The molecule has 1 aromatic carbocycles. The van der Waals surface area contributed by atoms with Gasteiger partial charge in [-0.3, -0.25) is 19.2 Å². The molecule has 2 radical (unpaired) electrons. The van der Waals surface area contributed by atoms with Crippen molar-refractivity contribution in [2.24, 2.45) is 0 Å². The van der Waals surface area contributed by atoms with Gasteiger partial charge in [0.25, 0.3) is 0 Å². The van der Waals surface area contributed by atoms with E-state index in [1.807, 2.05) is 13.8 Å². The van der Waals surface area contributed by atoms with Crippen molar-refractivity contribution in [3.05, 3.63) is 36.4 Å². The van der Waals surface area contributed by atoms with E-state index in [-0.39, 0.29) is 6.61 Å². The number of nitrogens with one attached hydrogen (secondary N) is 2. The smallest absolute Gasteiger partial charge is 0.303 e. The number of hydrogen-bond donors (Lipinski definition) is 3. The van der Waals surface area contributed by atoms with Crippen molar-refractivity contribution >= 4 is 65.6 Å². The zero-order chi connectivity index (χ0) is 41.0. The molecular formula is C35H49BN2O15S2. The maximum Gasteiger partial charge on any atom is 0.303 e. The number of aliphatic hydroxyl groups excluding tert-OH is 1. The standard InChI is InChI=1S/C31H41BN2O15S2.C4H8/c1-14(35)40-11-20-23(42-15(2)36)26(43-16(3)37)27(44-17(4)38)29(47-20)48-25-22(39)28(46-21-12-41-31(5,6)49-24(21)25)45-19-9-7-18(8-10-19)34-30(50)33-13-51-32;1-4(2)3/h7-10,20-29,39H,11-13H2,1-6H3,(H2,33,34,50);1H2,2-3H3. The fourth-order valence-corrected chi connectivity index (χ4v) is 6.06. The van der Waals surface area contributed by atoms with Gasteiger partial charge in [0.05, 0.1) is 12.5 Å². The Morgan fingerprint density at radius 2 is 1.49 bits per heavy atom. The Balaban J connectivity index is 0.00000193. The number of ether oxygens (including phenoxy) is 10. The van der Waals surface area contributed by atoms with E-state index in [1.165, 1.54) is 5.57 Å². The first kappa shape index (κ1) is 45.9. The summed E-state index contributed by atoms with van der Waals surface area (Å²) in [6, 6.07) is 6.63. The second kappa shape index (κ2) is 21.1. The predicted molar refractivity (Wildman–Crippen MR) is 202 cm³/mol. The van der Waals surface area contributed by atoms with Gasteiger partial charge < -0.3 is 63.1 Å². The molecule has 4 rings (SSSR count). The number of esters is 4. The molecular weight excluding hydrogens is 763 g/mol. The lowest BCUT2D eigenvalue weighted by molar-refractivity contribution is -0.399. The summed E-state index contributed by atoms with van der Waals surface area (Å²) in [4.78, 5) is 48.5. The van der Waals surface area contributed by atoms with Crippen LogP contribution in [-0.4, -0.2) is 128 Å². The number of rotatable bonds is 12. The predicted octanol–water partition coefficient (Wildman–Crippen LogP) is 2.41. The van der Waals surface area contributed by atoms with Gasteiger partial charge in [-0.2, -0.15) is 0 Å². The molecule has 3 fully saturated rings. The summed E-state index contributed by atoms with van der Waals surface area (Å²) in [5.41, 5.74) is 1.81. The van der Waals surface area contributed by atoms with Gasteiger partial charge in [0, 0.05) is 33.4 Å². The second-order valence-electron chi connectivity index (χ2n) is 13.3. The van der Waals surface area contributed by atoms with Gasteiger partial charge >= 0.3 is 23.9 Å². The van der Waals surface area contributed by atoms with E-state index in [0.717, 1.165) is 39.3 Å². The van der Waals surface area contributed by atoms with E-state index in [9.17, 15) is 24.3 Å². The Labute approximate surface area is 331 Å². The van der Waals surface area contributed by atoms with Crippen LogP contribution in [0.25, 0.3) is 0 Å². The third-order valence-corrected chi connectivity index (χ3v) is 8.11. The van der Waals surface area contributed by atoms with Gasteiger partial charge in [-0.15, -0.1) is 6.58 Å². The molecule has 0 aromatic heterocycles. The second-order valence-corrected chi connectivity index (χ2v) is 14.3. The van der Waals surface area contributed by atoms with Crippen LogP contribution >= 0.6 is 23.8 Å². The van der Waals surface area contributed by atoms with Crippen molar-refractivity contribution in [1.82, 2.24) is 5.32 Å². The molecule has 1 aromatic rings. The molecule has 0 aliphatic carbocycles. The van der Waals surface area contributed by atoms with Crippen LogP contribution in [0.2, 0.25) is 0 Å². The normalized spacial score (nSPS) is 29.4. The molecule has 0 saturated carbocycles. The van der Waals surface area contributed by atoms with E-state index in [1.54, 1.807) is 38.1 Å². The molecule has 3 aliphatic heterocycles. The molecule has 3 heterocycles. The fraction of sp³-hybridized carbons (Fsp3) is 0.629. The van der Waals surface area contributed by atoms with Crippen LogP contribution in [0.3, 0.4) is 0 Å². The fourth-order valence-electron chi connectivity index (χ4n) is 5.55. The van der Waals surface area contributed by atoms with Crippen molar-refractivity contribution < 1.29 is 71.7 Å². The molecule has 0 spiro atoms. The van der Waals surface area contributed by atoms with Crippen LogP contribution in [-0.2, 0) is 61.8 Å². The van der Waals surface area contributed by atoms with Crippen LogP contribution in [0.4, 0.5) is 5.69 Å². The highest BCUT2D eigenvalue weighted by atomic mass is 32.2. The van der Waals surface area contributed by atoms with Gasteiger partial charge in [0.15, 0.2) is 42.6 Å². The summed E-state index contributed by atoms with van der Waals surface area (Å²) >= 11 is 6.31. The van der Waals surface area contributed by atoms with Crippen molar-refractivity contribution in [3.8, 4) is 5.75 Å².